The van der Waals surface area contributed by atoms with Crippen LogP contribution >= 0.6 is 15.9 Å². The van der Waals surface area contributed by atoms with Gasteiger partial charge in [-0.25, -0.2) is 0 Å². The van der Waals surface area contributed by atoms with E-state index in [2.05, 4.69) is 26.8 Å². The number of imide groups is 1. The van der Waals surface area contributed by atoms with Crippen LogP contribution in [0.3, 0.4) is 0 Å². The maximum atomic E-state index is 12.5. The predicted molar refractivity (Wildman–Crippen MR) is 117 cm³/mol. The van der Waals surface area contributed by atoms with Crippen LogP contribution in [0, 0.1) is 0 Å². The lowest BCUT2D eigenvalue weighted by Crippen LogP contribution is -2.42. The molecule has 4 rings (SSSR count). The molecule has 0 bridgehead atoms. The van der Waals surface area contributed by atoms with Gasteiger partial charge < -0.3 is 4.57 Å². The number of hydrogen-bond acceptors (Lipinski definition) is 4. The fourth-order valence-electron chi connectivity index (χ4n) is 3.64. The molecule has 1 aliphatic rings. The van der Waals surface area contributed by atoms with Gasteiger partial charge in [0.25, 0.3) is 17.7 Å². The summed E-state index contributed by atoms with van der Waals surface area (Å²) in [6.07, 6.45) is 2.03. The molecule has 0 fully saturated rings. The van der Waals surface area contributed by atoms with Gasteiger partial charge >= 0.3 is 0 Å². The highest BCUT2D eigenvalue weighted by molar-refractivity contribution is 9.10. The van der Waals surface area contributed by atoms with Gasteiger partial charge in [0.1, 0.15) is 0 Å². The SMILES string of the molecule is Cn1cc(C(=O)NNC(=O)CCCN2C(=O)c3ccc(Br)cc3C2=O)c2ccccc21. The van der Waals surface area contributed by atoms with E-state index in [9.17, 15) is 19.2 Å². The molecule has 0 radical (unpaired) electrons. The van der Waals surface area contributed by atoms with Crippen molar-refractivity contribution in [3.63, 3.8) is 0 Å². The van der Waals surface area contributed by atoms with Crippen LogP contribution in [0.2, 0.25) is 0 Å². The second-order valence-electron chi connectivity index (χ2n) is 7.23. The summed E-state index contributed by atoms with van der Waals surface area (Å²) in [5, 5.41) is 0.786. The Morgan fingerprint density at radius 2 is 1.74 bits per heavy atom. The van der Waals surface area contributed by atoms with Gasteiger partial charge in [-0.2, -0.15) is 0 Å². The first-order valence-corrected chi connectivity index (χ1v) is 10.4. The van der Waals surface area contributed by atoms with Gasteiger partial charge in [-0.05, 0) is 30.7 Å². The van der Waals surface area contributed by atoms with Crippen LogP contribution in [0.25, 0.3) is 10.9 Å². The van der Waals surface area contributed by atoms with E-state index in [1.165, 1.54) is 0 Å². The molecule has 3 aromatic rings. The third-order valence-electron chi connectivity index (χ3n) is 5.18. The minimum atomic E-state index is -0.420. The second kappa shape index (κ2) is 8.35. The molecule has 2 N–H and O–H groups in total. The fourth-order valence-corrected chi connectivity index (χ4v) is 4.00. The van der Waals surface area contributed by atoms with Gasteiger partial charge in [-0.15, -0.1) is 0 Å². The molecule has 4 amide bonds. The Bertz CT molecular complexity index is 1230. The number of hydrazine groups is 1. The Morgan fingerprint density at radius 3 is 2.55 bits per heavy atom. The number of carbonyl (C=O) groups excluding carboxylic acids is 4. The zero-order chi connectivity index (χ0) is 22.1. The molecule has 158 valence electrons. The summed E-state index contributed by atoms with van der Waals surface area (Å²) in [5.41, 5.74) is 6.88. The highest BCUT2D eigenvalue weighted by Crippen LogP contribution is 2.26. The number of para-hydroxylation sites is 1. The number of benzene rings is 2. The number of amides is 4. The van der Waals surface area contributed by atoms with Gasteiger partial charge in [-0.3, -0.25) is 34.9 Å². The highest BCUT2D eigenvalue weighted by Gasteiger charge is 2.35. The van der Waals surface area contributed by atoms with Gasteiger partial charge in [0.15, 0.2) is 0 Å². The lowest BCUT2D eigenvalue weighted by Gasteiger charge is -2.13. The maximum absolute atomic E-state index is 12.5. The van der Waals surface area contributed by atoms with Gasteiger partial charge in [0.2, 0.25) is 5.91 Å². The third-order valence-corrected chi connectivity index (χ3v) is 5.67. The number of aryl methyl sites for hydroxylation is 1. The van der Waals surface area contributed by atoms with E-state index in [4.69, 9.17) is 0 Å². The van der Waals surface area contributed by atoms with E-state index in [0.29, 0.717) is 16.7 Å². The molecule has 1 aromatic heterocycles. The van der Waals surface area contributed by atoms with Crippen LogP contribution in [0.1, 0.15) is 43.9 Å². The fraction of sp³-hybridized carbons (Fsp3) is 0.182. The van der Waals surface area contributed by atoms with E-state index in [1.54, 1.807) is 24.4 Å². The first-order valence-electron chi connectivity index (χ1n) is 9.66. The topological polar surface area (TPSA) is 101 Å². The zero-order valence-corrected chi connectivity index (χ0v) is 18.2. The standard InChI is InChI=1S/C22H19BrN4O4/c1-26-12-17(14-5-2-3-6-18(14)26)20(29)25-24-19(28)7-4-10-27-21(30)15-9-8-13(23)11-16(15)22(27)31/h2-3,5-6,8-9,11-12H,4,7,10H2,1H3,(H,24,28)(H,25,29). The number of nitrogens with zero attached hydrogens (tertiary/aromatic N) is 2. The maximum Gasteiger partial charge on any atom is 0.271 e. The first-order chi connectivity index (χ1) is 14.9. The molecule has 8 nitrogen and oxygen atoms in total. The number of nitrogens with one attached hydrogen (secondary N) is 2. The van der Waals surface area contributed by atoms with Gasteiger partial charge in [-0.1, -0.05) is 34.1 Å². The quantitative estimate of drug-likeness (QED) is 0.431. The largest absolute Gasteiger partial charge is 0.350 e. The third kappa shape index (κ3) is 3.96. The average molecular weight is 483 g/mol. The van der Waals surface area contributed by atoms with Crippen molar-refractivity contribution in [1.82, 2.24) is 20.3 Å². The summed E-state index contributed by atoms with van der Waals surface area (Å²) < 4.78 is 2.56. The number of rotatable bonds is 5. The number of halogens is 1. The number of fused-ring (bicyclic) bond motifs is 2. The molecule has 2 heterocycles. The Balaban J connectivity index is 1.29. The van der Waals surface area contributed by atoms with E-state index in [1.807, 2.05) is 35.9 Å². The van der Waals surface area contributed by atoms with Crippen LogP contribution < -0.4 is 10.9 Å². The van der Waals surface area contributed by atoms with Gasteiger partial charge in [0, 0.05) is 41.6 Å². The molecule has 0 unspecified atom stereocenters. The first kappa shape index (κ1) is 20.8. The van der Waals surface area contributed by atoms with Crippen molar-refractivity contribution < 1.29 is 19.2 Å². The summed E-state index contributed by atoms with van der Waals surface area (Å²) in [7, 11) is 1.84. The van der Waals surface area contributed by atoms with Crippen molar-refractivity contribution in [2.24, 2.45) is 7.05 Å². The van der Waals surface area contributed by atoms with Crippen molar-refractivity contribution in [1.29, 1.82) is 0 Å². The molecular formula is C22H19BrN4O4. The molecule has 0 saturated heterocycles. The Kier molecular flexibility index (Phi) is 5.60. The minimum Gasteiger partial charge on any atom is -0.350 e. The van der Waals surface area contributed by atoms with Crippen LogP contribution in [-0.2, 0) is 11.8 Å². The van der Waals surface area contributed by atoms with Crippen molar-refractivity contribution in [3.8, 4) is 0 Å². The van der Waals surface area contributed by atoms with Crippen molar-refractivity contribution >= 4 is 50.5 Å². The molecule has 0 saturated carbocycles. The lowest BCUT2D eigenvalue weighted by molar-refractivity contribution is -0.122. The predicted octanol–water partition coefficient (Wildman–Crippen LogP) is 2.78. The Labute approximate surface area is 186 Å². The monoisotopic (exact) mass is 482 g/mol. The summed E-state index contributed by atoms with van der Waals surface area (Å²) in [6, 6.07) is 12.4. The van der Waals surface area contributed by atoms with E-state index >= 15 is 0 Å². The second-order valence-corrected chi connectivity index (χ2v) is 8.14. The number of aromatic nitrogens is 1. The summed E-state index contributed by atoms with van der Waals surface area (Å²) in [5.74, 6) is -1.56. The molecular weight excluding hydrogens is 464 g/mol. The smallest absolute Gasteiger partial charge is 0.271 e. The molecule has 9 heteroatoms. The Hall–Kier alpha value is -3.46. The molecule has 0 atom stereocenters. The summed E-state index contributed by atoms with van der Waals surface area (Å²) in [4.78, 5) is 50.6. The number of hydrogen-bond donors (Lipinski definition) is 2. The van der Waals surface area contributed by atoms with Crippen LogP contribution in [0.5, 0.6) is 0 Å². The van der Waals surface area contributed by atoms with Crippen LogP contribution in [0.4, 0.5) is 0 Å². The van der Waals surface area contributed by atoms with Crippen molar-refractivity contribution in [2.75, 3.05) is 6.54 Å². The van der Waals surface area contributed by atoms with Crippen molar-refractivity contribution in [2.45, 2.75) is 12.8 Å². The summed E-state index contributed by atoms with van der Waals surface area (Å²) >= 11 is 3.29. The molecule has 0 aliphatic carbocycles. The molecule has 2 aromatic carbocycles. The van der Waals surface area contributed by atoms with Crippen LogP contribution in [0.15, 0.2) is 53.1 Å². The molecule has 1 aliphatic heterocycles. The normalized spacial score (nSPS) is 12.9. The Morgan fingerprint density at radius 1 is 1.00 bits per heavy atom. The average Bonchev–Trinajstić information content (AvgIpc) is 3.21. The molecule has 0 spiro atoms. The minimum absolute atomic E-state index is 0.0485. The van der Waals surface area contributed by atoms with E-state index < -0.39 is 11.8 Å². The van der Waals surface area contributed by atoms with Crippen LogP contribution in [-0.4, -0.2) is 39.6 Å². The van der Waals surface area contributed by atoms with Crippen molar-refractivity contribution in [3.05, 3.63) is 69.8 Å². The molecule has 31 heavy (non-hydrogen) atoms. The van der Waals surface area contributed by atoms with E-state index in [0.717, 1.165) is 20.3 Å². The number of carbonyl (C=O) groups is 4. The lowest BCUT2D eigenvalue weighted by atomic mass is 10.1. The summed E-state index contributed by atoms with van der Waals surface area (Å²) in [6.45, 7) is 0.120. The zero-order valence-electron chi connectivity index (χ0n) is 16.6. The van der Waals surface area contributed by atoms with Gasteiger partial charge in [0.05, 0.1) is 16.7 Å². The van der Waals surface area contributed by atoms with E-state index in [-0.39, 0.29) is 31.2 Å². The highest BCUT2D eigenvalue weighted by atomic mass is 79.9.